The minimum Gasteiger partial charge on any atom is -0.387 e. The highest BCUT2D eigenvalue weighted by atomic mass is 16.5. The number of ether oxygens (including phenoxy) is 1. The summed E-state index contributed by atoms with van der Waals surface area (Å²) in [7, 11) is 0. The topological polar surface area (TPSA) is 68.4 Å². The van der Waals surface area contributed by atoms with E-state index in [-0.39, 0.29) is 6.10 Å². The van der Waals surface area contributed by atoms with Crippen LogP contribution in [0, 0.1) is 0 Å². The predicted molar refractivity (Wildman–Crippen MR) is 57.0 cm³/mol. The highest BCUT2D eigenvalue weighted by molar-refractivity contribution is 4.96. The van der Waals surface area contributed by atoms with Gasteiger partial charge in [-0.1, -0.05) is 12.1 Å². The summed E-state index contributed by atoms with van der Waals surface area (Å²) >= 11 is 0. The first-order chi connectivity index (χ1) is 7.61. The third-order valence-electron chi connectivity index (χ3n) is 2.77. The molecule has 0 aromatic carbocycles. The van der Waals surface area contributed by atoms with Gasteiger partial charge in [0, 0.05) is 12.8 Å². The summed E-state index contributed by atoms with van der Waals surface area (Å²) < 4.78 is 10.5. The van der Waals surface area contributed by atoms with Gasteiger partial charge < -0.3 is 14.4 Å². The Morgan fingerprint density at radius 1 is 1.56 bits per heavy atom. The van der Waals surface area contributed by atoms with Gasteiger partial charge in [0.15, 0.2) is 5.82 Å². The molecule has 2 atom stereocenters. The molecule has 2 rings (SSSR count). The number of hydrogen-bond donors (Lipinski definition) is 1. The molecule has 2 heterocycles. The van der Waals surface area contributed by atoms with Crippen LogP contribution in [0.5, 0.6) is 0 Å². The summed E-state index contributed by atoms with van der Waals surface area (Å²) in [5, 5.41) is 14.1. The Balaban J connectivity index is 1.97. The van der Waals surface area contributed by atoms with Crippen molar-refractivity contribution in [2.24, 2.45) is 0 Å². The molecule has 1 aromatic heterocycles. The third-order valence-corrected chi connectivity index (χ3v) is 2.77. The van der Waals surface area contributed by atoms with E-state index in [0.717, 1.165) is 12.8 Å². The second-order valence-corrected chi connectivity index (χ2v) is 4.58. The fourth-order valence-electron chi connectivity index (χ4n) is 2.04. The maximum atomic E-state index is 10.2. The van der Waals surface area contributed by atoms with Crippen molar-refractivity contribution in [1.82, 2.24) is 10.1 Å². The van der Waals surface area contributed by atoms with E-state index < -0.39 is 5.60 Å². The first kappa shape index (κ1) is 11.5. The average Bonchev–Trinajstić information content (AvgIpc) is 2.75. The summed E-state index contributed by atoms with van der Waals surface area (Å²) in [4.78, 5) is 4.24. The summed E-state index contributed by atoms with van der Waals surface area (Å²) in [6, 6.07) is 0. The minimum atomic E-state index is -0.838. The molecule has 1 fully saturated rings. The van der Waals surface area contributed by atoms with Gasteiger partial charge in [-0.25, -0.2) is 0 Å². The quantitative estimate of drug-likeness (QED) is 0.832. The minimum absolute atomic E-state index is 0.100. The van der Waals surface area contributed by atoms with E-state index in [0.29, 0.717) is 31.2 Å². The van der Waals surface area contributed by atoms with E-state index in [1.54, 1.807) is 0 Å². The molecule has 1 aromatic rings. The molecule has 0 saturated carbocycles. The summed E-state index contributed by atoms with van der Waals surface area (Å²) in [6.07, 6.45) is 2.91. The van der Waals surface area contributed by atoms with Gasteiger partial charge in [-0.15, -0.1) is 0 Å². The lowest BCUT2D eigenvalue weighted by atomic mass is 9.97. The van der Waals surface area contributed by atoms with Crippen LogP contribution in [0.25, 0.3) is 0 Å². The molecule has 1 N–H and O–H groups in total. The van der Waals surface area contributed by atoms with Crippen LogP contribution < -0.4 is 0 Å². The SMILES string of the molecule is CCCc1noc(C[C@@]2(O)CO[C@H](C)C2)n1. The van der Waals surface area contributed by atoms with Crippen LogP contribution in [0.3, 0.4) is 0 Å². The summed E-state index contributed by atoms with van der Waals surface area (Å²) in [5.74, 6) is 1.22. The monoisotopic (exact) mass is 226 g/mol. The first-order valence-electron chi connectivity index (χ1n) is 5.77. The largest absolute Gasteiger partial charge is 0.387 e. The Kier molecular flexibility index (Phi) is 3.25. The van der Waals surface area contributed by atoms with Crippen molar-refractivity contribution in [2.45, 2.75) is 51.2 Å². The van der Waals surface area contributed by atoms with Gasteiger partial charge >= 0.3 is 0 Å². The zero-order valence-corrected chi connectivity index (χ0v) is 9.77. The van der Waals surface area contributed by atoms with Crippen molar-refractivity contribution in [2.75, 3.05) is 6.61 Å². The average molecular weight is 226 g/mol. The van der Waals surface area contributed by atoms with Crippen molar-refractivity contribution >= 4 is 0 Å². The normalized spacial score (nSPS) is 29.8. The number of aromatic nitrogens is 2. The van der Waals surface area contributed by atoms with Crippen LogP contribution in [0.2, 0.25) is 0 Å². The van der Waals surface area contributed by atoms with Crippen LogP contribution in [-0.4, -0.2) is 33.6 Å². The number of nitrogens with zero attached hydrogens (tertiary/aromatic N) is 2. The lowest BCUT2D eigenvalue weighted by Crippen LogP contribution is -2.32. The van der Waals surface area contributed by atoms with E-state index in [1.807, 2.05) is 6.92 Å². The molecule has 90 valence electrons. The van der Waals surface area contributed by atoms with Crippen LogP contribution in [0.4, 0.5) is 0 Å². The molecule has 1 aliphatic rings. The summed E-state index contributed by atoms with van der Waals surface area (Å²) in [5.41, 5.74) is -0.838. The zero-order valence-electron chi connectivity index (χ0n) is 9.77. The number of aliphatic hydroxyl groups is 1. The smallest absolute Gasteiger partial charge is 0.229 e. The first-order valence-corrected chi connectivity index (χ1v) is 5.77. The van der Waals surface area contributed by atoms with Crippen LogP contribution in [0.15, 0.2) is 4.52 Å². The van der Waals surface area contributed by atoms with Gasteiger partial charge in [-0.3, -0.25) is 0 Å². The van der Waals surface area contributed by atoms with Gasteiger partial charge in [0.05, 0.1) is 24.7 Å². The molecule has 0 amide bonds. The molecule has 5 heteroatoms. The van der Waals surface area contributed by atoms with E-state index in [4.69, 9.17) is 9.26 Å². The van der Waals surface area contributed by atoms with Crippen molar-refractivity contribution in [1.29, 1.82) is 0 Å². The molecule has 1 aliphatic heterocycles. The fraction of sp³-hybridized carbons (Fsp3) is 0.818. The molecule has 0 spiro atoms. The number of hydrogen-bond acceptors (Lipinski definition) is 5. The molecule has 0 radical (unpaired) electrons. The fourth-order valence-corrected chi connectivity index (χ4v) is 2.04. The maximum absolute atomic E-state index is 10.2. The maximum Gasteiger partial charge on any atom is 0.229 e. The second kappa shape index (κ2) is 4.51. The molecular weight excluding hydrogens is 208 g/mol. The molecule has 0 unspecified atom stereocenters. The Morgan fingerprint density at radius 2 is 2.38 bits per heavy atom. The molecule has 16 heavy (non-hydrogen) atoms. The van der Waals surface area contributed by atoms with Crippen molar-refractivity contribution in [3.8, 4) is 0 Å². The van der Waals surface area contributed by atoms with Gasteiger partial charge in [-0.05, 0) is 13.3 Å². The lowest BCUT2D eigenvalue weighted by molar-refractivity contribution is 0.0173. The molecular formula is C11H18N2O3. The van der Waals surface area contributed by atoms with Gasteiger partial charge in [-0.2, -0.15) is 4.98 Å². The van der Waals surface area contributed by atoms with Crippen molar-refractivity contribution < 1.29 is 14.4 Å². The van der Waals surface area contributed by atoms with Crippen molar-refractivity contribution in [3.05, 3.63) is 11.7 Å². The number of rotatable bonds is 4. The number of aryl methyl sites for hydroxylation is 1. The van der Waals surface area contributed by atoms with E-state index in [1.165, 1.54) is 0 Å². The van der Waals surface area contributed by atoms with Gasteiger partial charge in [0.2, 0.25) is 5.89 Å². The Morgan fingerprint density at radius 3 is 3.00 bits per heavy atom. The van der Waals surface area contributed by atoms with Gasteiger partial charge in [0.25, 0.3) is 0 Å². The Labute approximate surface area is 94.8 Å². The molecule has 1 saturated heterocycles. The van der Waals surface area contributed by atoms with Crippen LogP contribution in [-0.2, 0) is 17.6 Å². The second-order valence-electron chi connectivity index (χ2n) is 4.58. The molecule has 0 bridgehead atoms. The molecule has 5 nitrogen and oxygen atoms in total. The highest BCUT2D eigenvalue weighted by Gasteiger charge is 2.38. The lowest BCUT2D eigenvalue weighted by Gasteiger charge is -2.17. The zero-order chi connectivity index (χ0) is 11.6. The molecule has 0 aliphatic carbocycles. The van der Waals surface area contributed by atoms with E-state index in [2.05, 4.69) is 17.1 Å². The van der Waals surface area contributed by atoms with Crippen LogP contribution >= 0.6 is 0 Å². The van der Waals surface area contributed by atoms with Crippen molar-refractivity contribution in [3.63, 3.8) is 0 Å². The predicted octanol–water partition coefficient (Wildman–Crippen LogP) is 1.10. The highest BCUT2D eigenvalue weighted by Crippen LogP contribution is 2.27. The van der Waals surface area contributed by atoms with Crippen LogP contribution in [0.1, 0.15) is 38.4 Å². The standard InChI is InChI=1S/C11H18N2O3/c1-3-4-9-12-10(16-13-9)6-11(14)5-8(2)15-7-11/h8,14H,3-7H2,1-2H3/t8-,11-/m1/s1. The Bertz CT molecular complexity index is 353. The van der Waals surface area contributed by atoms with Gasteiger partial charge in [0.1, 0.15) is 0 Å². The third kappa shape index (κ3) is 2.59. The summed E-state index contributed by atoms with van der Waals surface area (Å²) in [6.45, 7) is 4.37. The van der Waals surface area contributed by atoms with E-state index in [9.17, 15) is 5.11 Å². The van der Waals surface area contributed by atoms with E-state index >= 15 is 0 Å². The Hall–Kier alpha value is -0.940.